The van der Waals surface area contributed by atoms with Gasteiger partial charge in [-0.15, -0.1) is 0 Å². The third kappa shape index (κ3) is 33.1. The molecule has 0 aromatic carbocycles. The first kappa shape index (κ1) is 46.5. The van der Waals surface area contributed by atoms with Crippen LogP contribution in [0.3, 0.4) is 0 Å². The molecule has 0 amide bonds. The number of nitrogens with zero attached hydrogens (tertiary/aromatic N) is 1. The molecule has 0 aromatic rings. The van der Waals surface area contributed by atoms with Crippen molar-refractivity contribution in [2.24, 2.45) is 11.8 Å². The van der Waals surface area contributed by atoms with E-state index in [4.69, 9.17) is 0 Å². The zero-order valence-electron chi connectivity index (χ0n) is 34.5. The van der Waals surface area contributed by atoms with Crippen LogP contribution < -0.4 is 0 Å². The van der Waals surface area contributed by atoms with E-state index in [1.165, 1.54) is 256 Å². The molecule has 0 spiro atoms. The lowest BCUT2D eigenvalue weighted by Crippen LogP contribution is -2.27. The molecule has 1 aliphatic rings. The highest BCUT2D eigenvalue weighted by Gasteiger charge is 2.08. The average molecular weight is 684 g/mol. The van der Waals surface area contributed by atoms with Gasteiger partial charge in [-0.25, -0.2) is 0 Å². The van der Waals surface area contributed by atoms with Crippen molar-refractivity contribution in [3.05, 3.63) is 24.3 Å². The van der Waals surface area contributed by atoms with Gasteiger partial charge in [-0.2, -0.15) is 0 Å². The van der Waals surface area contributed by atoms with Gasteiger partial charge in [0.05, 0.1) is 0 Å². The Hall–Kier alpha value is -0.560. The van der Waals surface area contributed by atoms with E-state index in [0.717, 1.165) is 11.8 Å². The summed E-state index contributed by atoms with van der Waals surface area (Å²) in [7, 11) is 0. The number of allylic oxidation sites excluding steroid dienone is 3. The molecule has 0 aliphatic heterocycles. The lowest BCUT2D eigenvalue weighted by Gasteiger charge is -2.22. The second-order valence-corrected chi connectivity index (χ2v) is 16.8. The molecule has 0 saturated heterocycles. The molecule has 1 heteroatoms. The van der Waals surface area contributed by atoms with Crippen molar-refractivity contribution >= 4 is 0 Å². The SMILES string of the molecule is C=C(CCCCCCCCCC)CCCCCCCN(CCCCC)CCCCCCCC(C)/C=C\C1CCCCCCCCCCCC1. The van der Waals surface area contributed by atoms with E-state index in [1.807, 2.05) is 0 Å². The van der Waals surface area contributed by atoms with E-state index < -0.39 is 0 Å². The standard InChI is InChI=1S/C48H93N/c1-5-7-9-10-11-16-21-28-36-46(3)37-29-22-19-26-34-44-49(43-33-8-6-2)45-35-27-20-23-30-38-47(4)41-42-48-39-31-24-17-14-12-13-15-18-25-32-40-48/h41-42,47-48H,3,5-40,43-45H2,1-2,4H3/b42-41-. The van der Waals surface area contributed by atoms with Crippen LogP contribution in [0.1, 0.15) is 252 Å². The number of hydrogen-bond acceptors (Lipinski definition) is 1. The van der Waals surface area contributed by atoms with Crippen molar-refractivity contribution < 1.29 is 0 Å². The average Bonchev–Trinajstić information content (AvgIpc) is 3.13. The molecule has 0 radical (unpaired) electrons. The minimum Gasteiger partial charge on any atom is -0.303 e. The summed E-state index contributed by atoms with van der Waals surface area (Å²) in [6, 6.07) is 0. The van der Waals surface area contributed by atoms with Gasteiger partial charge in [-0.1, -0.05) is 212 Å². The van der Waals surface area contributed by atoms with Gasteiger partial charge < -0.3 is 4.90 Å². The summed E-state index contributed by atoms with van der Waals surface area (Å²) in [6.45, 7) is 15.5. The smallest absolute Gasteiger partial charge is 0.00187 e. The third-order valence-corrected chi connectivity index (χ3v) is 11.7. The Morgan fingerprint density at radius 1 is 0.510 bits per heavy atom. The molecule has 1 rings (SSSR count). The summed E-state index contributed by atoms with van der Waals surface area (Å²) in [5.41, 5.74) is 1.52. The fourth-order valence-corrected chi connectivity index (χ4v) is 8.13. The fraction of sp³-hybridized carbons (Fsp3) is 0.917. The Labute approximate surface area is 311 Å². The summed E-state index contributed by atoms with van der Waals surface area (Å²) in [4.78, 5) is 2.82. The molecule has 1 nitrogen and oxygen atoms in total. The first-order valence-electron chi connectivity index (χ1n) is 23.2. The number of hydrogen-bond donors (Lipinski definition) is 0. The molecule has 1 atom stereocenters. The van der Waals surface area contributed by atoms with Crippen LogP contribution in [0, 0.1) is 11.8 Å². The molecule has 1 unspecified atom stereocenters. The van der Waals surface area contributed by atoms with Crippen LogP contribution in [0.4, 0.5) is 0 Å². The zero-order valence-corrected chi connectivity index (χ0v) is 34.5. The van der Waals surface area contributed by atoms with Gasteiger partial charge in [-0.3, -0.25) is 0 Å². The number of rotatable bonds is 31. The molecule has 1 saturated carbocycles. The van der Waals surface area contributed by atoms with E-state index >= 15 is 0 Å². The molecule has 290 valence electrons. The maximum atomic E-state index is 4.40. The van der Waals surface area contributed by atoms with Gasteiger partial charge in [0, 0.05) is 0 Å². The van der Waals surface area contributed by atoms with Gasteiger partial charge >= 0.3 is 0 Å². The topological polar surface area (TPSA) is 3.24 Å². The van der Waals surface area contributed by atoms with Gasteiger partial charge in [0.1, 0.15) is 0 Å². The molecule has 49 heavy (non-hydrogen) atoms. The van der Waals surface area contributed by atoms with Gasteiger partial charge in [0.15, 0.2) is 0 Å². The van der Waals surface area contributed by atoms with Crippen molar-refractivity contribution in [1.82, 2.24) is 4.90 Å². The minimum atomic E-state index is 0.761. The second-order valence-electron chi connectivity index (χ2n) is 16.8. The highest BCUT2D eigenvalue weighted by Crippen LogP contribution is 2.24. The predicted molar refractivity (Wildman–Crippen MR) is 225 cm³/mol. The van der Waals surface area contributed by atoms with Crippen LogP contribution in [-0.2, 0) is 0 Å². The largest absolute Gasteiger partial charge is 0.303 e. The molecule has 0 heterocycles. The van der Waals surface area contributed by atoms with Crippen LogP contribution in [0.25, 0.3) is 0 Å². The van der Waals surface area contributed by atoms with Crippen molar-refractivity contribution in [2.75, 3.05) is 19.6 Å². The number of unbranched alkanes of at least 4 members (excludes halogenated alkanes) is 17. The third-order valence-electron chi connectivity index (χ3n) is 11.7. The molecule has 0 aromatic heterocycles. The summed E-state index contributed by atoms with van der Waals surface area (Å²) in [5, 5.41) is 0. The maximum absolute atomic E-state index is 4.40. The van der Waals surface area contributed by atoms with E-state index in [-0.39, 0.29) is 0 Å². The predicted octanol–water partition coefficient (Wildman–Crippen LogP) is 16.8. The van der Waals surface area contributed by atoms with E-state index in [1.54, 1.807) is 0 Å². The van der Waals surface area contributed by atoms with Gasteiger partial charge in [0.25, 0.3) is 0 Å². The molecule has 0 bridgehead atoms. The summed E-state index contributed by atoms with van der Waals surface area (Å²) in [6.07, 6.45) is 56.4. The summed E-state index contributed by atoms with van der Waals surface area (Å²) in [5.74, 6) is 1.61. The van der Waals surface area contributed by atoms with Crippen molar-refractivity contribution in [3.8, 4) is 0 Å². The van der Waals surface area contributed by atoms with E-state index in [2.05, 4.69) is 44.4 Å². The van der Waals surface area contributed by atoms with Crippen LogP contribution in [-0.4, -0.2) is 24.5 Å². The Bertz CT molecular complexity index is 679. The fourth-order valence-electron chi connectivity index (χ4n) is 8.13. The Morgan fingerprint density at radius 2 is 0.878 bits per heavy atom. The van der Waals surface area contributed by atoms with Crippen LogP contribution in [0.15, 0.2) is 24.3 Å². The van der Waals surface area contributed by atoms with E-state index in [9.17, 15) is 0 Å². The van der Waals surface area contributed by atoms with Crippen LogP contribution >= 0.6 is 0 Å². The van der Waals surface area contributed by atoms with Crippen molar-refractivity contribution in [2.45, 2.75) is 252 Å². The van der Waals surface area contributed by atoms with Crippen molar-refractivity contribution in [3.63, 3.8) is 0 Å². The van der Waals surface area contributed by atoms with Crippen molar-refractivity contribution in [1.29, 1.82) is 0 Å². The lowest BCUT2D eigenvalue weighted by atomic mass is 9.92. The molecular formula is C48H93N. The van der Waals surface area contributed by atoms with Gasteiger partial charge in [-0.05, 0) is 95.7 Å². The summed E-state index contributed by atoms with van der Waals surface area (Å²) < 4.78 is 0. The molecular weight excluding hydrogens is 591 g/mol. The Morgan fingerprint density at radius 3 is 1.37 bits per heavy atom. The summed E-state index contributed by atoms with van der Waals surface area (Å²) >= 11 is 0. The second kappa shape index (κ2) is 37.2. The highest BCUT2D eigenvalue weighted by atomic mass is 15.1. The first-order chi connectivity index (χ1) is 24.2. The zero-order chi connectivity index (χ0) is 35.3. The Balaban J connectivity index is 2.10. The highest BCUT2D eigenvalue weighted by molar-refractivity contribution is 4.93. The Kier molecular flexibility index (Phi) is 35.3. The monoisotopic (exact) mass is 684 g/mol. The van der Waals surface area contributed by atoms with E-state index in [0.29, 0.717) is 0 Å². The molecule has 0 N–H and O–H groups in total. The van der Waals surface area contributed by atoms with Crippen LogP contribution in [0.2, 0.25) is 0 Å². The molecule has 1 aliphatic carbocycles. The lowest BCUT2D eigenvalue weighted by molar-refractivity contribution is 0.255. The maximum Gasteiger partial charge on any atom is -0.00187 e. The first-order valence-corrected chi connectivity index (χ1v) is 23.2. The van der Waals surface area contributed by atoms with Crippen LogP contribution in [0.5, 0.6) is 0 Å². The quantitative estimate of drug-likeness (QED) is 0.0519. The minimum absolute atomic E-state index is 0.761. The molecule has 1 fully saturated rings. The van der Waals surface area contributed by atoms with Gasteiger partial charge in [0.2, 0.25) is 0 Å². The normalized spacial score (nSPS) is 16.5.